The summed E-state index contributed by atoms with van der Waals surface area (Å²) in [6.07, 6.45) is -0.152. The van der Waals surface area contributed by atoms with Gasteiger partial charge >= 0.3 is 0 Å². The van der Waals surface area contributed by atoms with Crippen LogP contribution in [0.15, 0.2) is 59.4 Å². The lowest BCUT2D eigenvalue weighted by Gasteiger charge is -2.40. The molecule has 2 aromatic carbocycles. The van der Waals surface area contributed by atoms with Crippen molar-refractivity contribution in [1.29, 1.82) is 0 Å². The molecule has 2 heterocycles. The lowest BCUT2D eigenvalue weighted by atomic mass is 9.84. The number of methoxy groups -OCH3 is 1. The maximum absolute atomic E-state index is 11.8. The van der Waals surface area contributed by atoms with Crippen LogP contribution in [0.2, 0.25) is 0 Å². The third kappa shape index (κ3) is 3.67. The van der Waals surface area contributed by atoms with Crippen molar-refractivity contribution in [2.24, 2.45) is 7.05 Å². The molecular weight excluding hydrogens is 370 g/mol. The predicted octanol–water partition coefficient (Wildman–Crippen LogP) is 2.74. The number of ether oxygens (including phenoxy) is 3. The van der Waals surface area contributed by atoms with Crippen molar-refractivity contribution < 1.29 is 19.3 Å². The monoisotopic (exact) mass is 395 g/mol. The summed E-state index contributed by atoms with van der Waals surface area (Å²) < 4.78 is 18.8. The Bertz CT molecular complexity index is 1080. The Kier molecular flexibility index (Phi) is 5.41. The highest BCUT2D eigenvalue weighted by molar-refractivity contribution is 5.79. The molecule has 0 aliphatic carbocycles. The topological polar surface area (TPSA) is 69.9 Å². The van der Waals surface area contributed by atoms with E-state index in [2.05, 4.69) is 0 Å². The van der Waals surface area contributed by atoms with E-state index in [1.807, 2.05) is 48.5 Å². The molecule has 0 bridgehead atoms. The van der Waals surface area contributed by atoms with E-state index in [-0.39, 0.29) is 12.2 Å². The van der Waals surface area contributed by atoms with Gasteiger partial charge in [0.05, 0.1) is 12.1 Å². The number of aliphatic hydroxyl groups excluding tert-OH is 1. The molecule has 2 unspecified atom stereocenters. The molecule has 1 aliphatic rings. The minimum atomic E-state index is -0.786. The zero-order chi connectivity index (χ0) is 20.4. The van der Waals surface area contributed by atoms with E-state index in [1.54, 1.807) is 24.8 Å². The first-order chi connectivity index (χ1) is 14.0. The number of aliphatic hydroxyl groups is 1. The number of aromatic nitrogens is 1. The number of fused-ring (bicyclic) bond motifs is 1. The smallest absolute Gasteiger partial charge is 0.250 e. The summed E-state index contributed by atoms with van der Waals surface area (Å²) in [7, 11) is 3.38. The summed E-state index contributed by atoms with van der Waals surface area (Å²) in [5.74, 6) is 0.707. The van der Waals surface area contributed by atoms with Gasteiger partial charge in [-0.3, -0.25) is 4.79 Å². The van der Waals surface area contributed by atoms with Crippen molar-refractivity contribution in [2.45, 2.75) is 24.7 Å². The van der Waals surface area contributed by atoms with Crippen LogP contribution in [0.3, 0.4) is 0 Å². The van der Waals surface area contributed by atoms with Gasteiger partial charge < -0.3 is 23.9 Å². The van der Waals surface area contributed by atoms with Crippen molar-refractivity contribution in [2.75, 3.05) is 20.3 Å². The minimum Gasteiger partial charge on any atom is -0.489 e. The first-order valence-electron chi connectivity index (χ1n) is 9.66. The van der Waals surface area contributed by atoms with Crippen molar-refractivity contribution >= 4 is 10.9 Å². The number of aryl methyl sites for hydroxylation is 1. The molecule has 0 radical (unpaired) electrons. The molecule has 1 fully saturated rings. The summed E-state index contributed by atoms with van der Waals surface area (Å²) >= 11 is 0. The van der Waals surface area contributed by atoms with Crippen molar-refractivity contribution in [1.82, 2.24) is 4.57 Å². The van der Waals surface area contributed by atoms with E-state index < -0.39 is 11.7 Å². The van der Waals surface area contributed by atoms with E-state index in [0.29, 0.717) is 25.4 Å². The molecule has 152 valence electrons. The van der Waals surface area contributed by atoms with E-state index >= 15 is 0 Å². The Morgan fingerprint density at radius 1 is 1.21 bits per heavy atom. The fourth-order valence-corrected chi connectivity index (χ4v) is 3.95. The third-order valence-electron chi connectivity index (χ3n) is 5.71. The fraction of sp³-hybridized carbons (Fsp3) is 0.348. The highest BCUT2D eigenvalue weighted by Gasteiger charge is 2.42. The quantitative estimate of drug-likeness (QED) is 0.719. The molecule has 3 aromatic rings. The van der Waals surface area contributed by atoms with Gasteiger partial charge in [0, 0.05) is 33.3 Å². The van der Waals surface area contributed by atoms with Crippen molar-refractivity contribution in [3.63, 3.8) is 0 Å². The van der Waals surface area contributed by atoms with E-state index in [4.69, 9.17) is 14.2 Å². The predicted molar refractivity (Wildman–Crippen MR) is 110 cm³/mol. The molecule has 0 amide bonds. The zero-order valence-electron chi connectivity index (χ0n) is 16.6. The molecule has 0 saturated carbocycles. The van der Waals surface area contributed by atoms with Crippen LogP contribution in [0.4, 0.5) is 0 Å². The summed E-state index contributed by atoms with van der Waals surface area (Å²) in [5.41, 5.74) is 1.96. The second-order valence-corrected chi connectivity index (χ2v) is 7.37. The van der Waals surface area contributed by atoms with Crippen LogP contribution in [0.5, 0.6) is 5.75 Å². The first-order valence-corrected chi connectivity index (χ1v) is 9.66. The van der Waals surface area contributed by atoms with Gasteiger partial charge in [-0.15, -0.1) is 0 Å². The lowest BCUT2D eigenvalue weighted by molar-refractivity contribution is -0.175. The van der Waals surface area contributed by atoms with Crippen LogP contribution in [0.1, 0.15) is 17.5 Å². The molecule has 0 spiro atoms. The van der Waals surface area contributed by atoms with Crippen LogP contribution in [-0.2, 0) is 28.7 Å². The van der Waals surface area contributed by atoms with Gasteiger partial charge in [0.15, 0.2) is 0 Å². The van der Waals surface area contributed by atoms with Crippen LogP contribution in [0.25, 0.3) is 10.9 Å². The Hall–Kier alpha value is -2.67. The van der Waals surface area contributed by atoms with Gasteiger partial charge in [-0.25, -0.2) is 0 Å². The summed E-state index contributed by atoms with van der Waals surface area (Å²) in [4.78, 5) is 11.8. The van der Waals surface area contributed by atoms with Crippen molar-refractivity contribution in [3.05, 3.63) is 76.1 Å². The molecule has 1 aliphatic heterocycles. The molecular formula is C23H25NO5. The van der Waals surface area contributed by atoms with Gasteiger partial charge in [0.1, 0.15) is 24.1 Å². The number of hydrogen-bond acceptors (Lipinski definition) is 5. The van der Waals surface area contributed by atoms with Crippen LogP contribution in [0, 0.1) is 0 Å². The van der Waals surface area contributed by atoms with E-state index in [9.17, 15) is 9.90 Å². The van der Waals surface area contributed by atoms with Gasteiger partial charge in [0.2, 0.25) is 0 Å². The average Bonchev–Trinajstić information content (AvgIpc) is 2.75. The van der Waals surface area contributed by atoms with Gasteiger partial charge in [-0.05, 0) is 46.8 Å². The zero-order valence-corrected chi connectivity index (χ0v) is 16.6. The number of nitrogens with zero attached hydrogens (tertiary/aromatic N) is 1. The largest absolute Gasteiger partial charge is 0.489 e. The van der Waals surface area contributed by atoms with Crippen LogP contribution >= 0.6 is 0 Å². The third-order valence-corrected chi connectivity index (χ3v) is 5.71. The summed E-state index contributed by atoms with van der Waals surface area (Å²) in [6, 6.07) is 17.0. The Balaban J connectivity index is 1.55. The molecule has 1 N–H and O–H groups in total. The second kappa shape index (κ2) is 7.99. The maximum atomic E-state index is 11.8. The first kappa shape index (κ1) is 19.6. The number of rotatable bonds is 5. The Morgan fingerprint density at radius 2 is 2.07 bits per heavy atom. The van der Waals surface area contributed by atoms with E-state index in [1.165, 1.54) is 0 Å². The number of hydrogen-bond donors (Lipinski definition) is 1. The number of benzene rings is 2. The highest BCUT2D eigenvalue weighted by atomic mass is 16.5. The second-order valence-electron chi connectivity index (χ2n) is 7.37. The van der Waals surface area contributed by atoms with Crippen molar-refractivity contribution in [3.8, 4) is 5.75 Å². The summed E-state index contributed by atoms with van der Waals surface area (Å²) in [6.45, 7) is 1.18. The molecule has 1 saturated heterocycles. The van der Waals surface area contributed by atoms with E-state index in [0.717, 1.165) is 22.0 Å². The standard InChI is InChI=1S/C23H25NO5/c1-24-20-8-6-16(12-17(20)7-9-22(24)26)14-29-19-5-3-4-18(13-19)23(27-2)10-11-28-15-21(23)25/h3-9,12-13,21,25H,10-11,14-15H2,1-2H3. The van der Waals surface area contributed by atoms with Gasteiger partial charge in [-0.1, -0.05) is 18.2 Å². The molecule has 29 heavy (non-hydrogen) atoms. The molecule has 2 atom stereocenters. The normalized spacial score (nSPS) is 22.0. The molecule has 6 nitrogen and oxygen atoms in total. The highest BCUT2D eigenvalue weighted by Crippen LogP contribution is 2.37. The lowest BCUT2D eigenvalue weighted by Crippen LogP contribution is -2.48. The maximum Gasteiger partial charge on any atom is 0.250 e. The Morgan fingerprint density at radius 3 is 2.86 bits per heavy atom. The average molecular weight is 395 g/mol. The minimum absolute atomic E-state index is 0.0271. The Labute approximate surface area is 169 Å². The molecule has 1 aromatic heterocycles. The van der Waals surface area contributed by atoms with Gasteiger partial charge in [0.25, 0.3) is 5.56 Å². The SMILES string of the molecule is COC1(c2cccc(OCc3ccc4c(ccc(=O)n4C)c3)c2)CCOCC1O. The molecule has 6 heteroatoms. The summed E-state index contributed by atoms with van der Waals surface area (Å²) in [5, 5.41) is 11.5. The van der Waals surface area contributed by atoms with Crippen LogP contribution < -0.4 is 10.3 Å². The molecule has 4 rings (SSSR count). The number of pyridine rings is 1. The van der Waals surface area contributed by atoms with Crippen LogP contribution in [-0.4, -0.2) is 36.1 Å². The van der Waals surface area contributed by atoms with Gasteiger partial charge in [-0.2, -0.15) is 0 Å². The fourth-order valence-electron chi connectivity index (χ4n) is 3.95.